The Hall–Kier alpha value is -2.37. The van der Waals surface area contributed by atoms with E-state index in [4.69, 9.17) is 4.84 Å². The molecule has 0 aliphatic carbocycles. The van der Waals surface area contributed by atoms with Crippen molar-refractivity contribution in [2.75, 3.05) is 0 Å². The van der Waals surface area contributed by atoms with Gasteiger partial charge in [-0.15, -0.1) is 0 Å². The van der Waals surface area contributed by atoms with Crippen LogP contribution in [0.2, 0.25) is 0 Å². The van der Waals surface area contributed by atoms with Gasteiger partial charge in [0, 0.05) is 0 Å². The Kier molecular flexibility index (Phi) is 4.57. The van der Waals surface area contributed by atoms with Crippen LogP contribution < -0.4 is 0 Å². The number of rotatable bonds is 4. The summed E-state index contributed by atoms with van der Waals surface area (Å²) in [5, 5.41) is 3.67. The molecule has 0 radical (unpaired) electrons. The van der Waals surface area contributed by atoms with E-state index < -0.39 is 11.7 Å². The zero-order valence-electron chi connectivity index (χ0n) is 10.8. The van der Waals surface area contributed by atoms with E-state index in [1.54, 1.807) is 0 Å². The zero-order valence-corrected chi connectivity index (χ0v) is 10.8. The molecular weight excluding hydrogens is 286 g/mol. The molecule has 0 aromatic heterocycles. The van der Waals surface area contributed by atoms with E-state index in [9.17, 15) is 17.6 Å². The Balaban J connectivity index is 1.87. The Morgan fingerprint density at radius 3 is 2.14 bits per heavy atom. The monoisotopic (exact) mass is 297 g/mol. The highest BCUT2D eigenvalue weighted by Crippen LogP contribution is 2.29. The first-order valence-electron chi connectivity index (χ1n) is 6.02. The molecule has 6 heteroatoms. The molecule has 0 aliphatic heterocycles. The average Bonchev–Trinajstić information content (AvgIpc) is 2.45. The Labute approximate surface area is 118 Å². The summed E-state index contributed by atoms with van der Waals surface area (Å²) >= 11 is 0. The lowest BCUT2D eigenvalue weighted by molar-refractivity contribution is -0.137. The molecule has 0 aliphatic rings. The molecule has 21 heavy (non-hydrogen) atoms. The molecule has 0 N–H and O–H groups in total. The van der Waals surface area contributed by atoms with Crippen LogP contribution in [0, 0.1) is 5.82 Å². The van der Waals surface area contributed by atoms with Gasteiger partial charge in [0.05, 0.1) is 11.8 Å². The molecule has 2 nitrogen and oxygen atoms in total. The molecule has 0 heterocycles. The van der Waals surface area contributed by atoms with Crippen LogP contribution >= 0.6 is 0 Å². The summed E-state index contributed by atoms with van der Waals surface area (Å²) in [6.07, 6.45) is -2.95. The van der Waals surface area contributed by atoms with Crippen molar-refractivity contribution in [2.24, 2.45) is 5.16 Å². The van der Waals surface area contributed by atoms with Crippen molar-refractivity contribution >= 4 is 6.21 Å². The van der Waals surface area contributed by atoms with Gasteiger partial charge in [0.25, 0.3) is 0 Å². The standard InChI is InChI=1S/C15H11F4NO/c16-14-7-3-11(4-8-14)9-20-21-10-12-1-5-13(6-2-12)15(17,18)19/h1-9H,10H2/b20-9+. The molecule has 0 fully saturated rings. The van der Waals surface area contributed by atoms with Gasteiger partial charge >= 0.3 is 6.18 Å². The molecule has 2 aromatic rings. The van der Waals surface area contributed by atoms with E-state index >= 15 is 0 Å². The van der Waals surface area contributed by atoms with Crippen LogP contribution in [0.15, 0.2) is 53.7 Å². The van der Waals surface area contributed by atoms with Gasteiger partial charge in [-0.1, -0.05) is 29.4 Å². The third-order valence-corrected chi connectivity index (χ3v) is 2.66. The lowest BCUT2D eigenvalue weighted by Crippen LogP contribution is -2.04. The van der Waals surface area contributed by atoms with E-state index in [0.29, 0.717) is 11.1 Å². The van der Waals surface area contributed by atoms with Crippen molar-refractivity contribution in [3.8, 4) is 0 Å². The smallest absolute Gasteiger partial charge is 0.391 e. The molecular formula is C15H11F4NO. The predicted octanol–water partition coefficient (Wildman–Crippen LogP) is 4.40. The fraction of sp³-hybridized carbons (Fsp3) is 0.133. The number of oxime groups is 1. The maximum atomic E-state index is 12.7. The van der Waals surface area contributed by atoms with E-state index in [1.165, 1.54) is 42.6 Å². The first-order valence-corrected chi connectivity index (χ1v) is 6.02. The Morgan fingerprint density at radius 1 is 0.952 bits per heavy atom. The molecule has 110 valence electrons. The van der Waals surface area contributed by atoms with Gasteiger partial charge in [-0.2, -0.15) is 13.2 Å². The molecule has 0 atom stereocenters. The number of hydrogen-bond acceptors (Lipinski definition) is 2. The minimum absolute atomic E-state index is 0.0514. The van der Waals surface area contributed by atoms with Gasteiger partial charge in [0.1, 0.15) is 12.4 Å². The van der Waals surface area contributed by atoms with E-state index in [2.05, 4.69) is 5.16 Å². The number of halogens is 4. The minimum atomic E-state index is -4.35. The first kappa shape index (κ1) is 15.0. The topological polar surface area (TPSA) is 21.6 Å². The highest BCUT2D eigenvalue weighted by Gasteiger charge is 2.29. The van der Waals surface area contributed by atoms with Gasteiger partial charge in [-0.05, 0) is 35.4 Å². The average molecular weight is 297 g/mol. The molecule has 2 rings (SSSR count). The van der Waals surface area contributed by atoms with Crippen LogP contribution in [0.3, 0.4) is 0 Å². The van der Waals surface area contributed by atoms with Crippen molar-refractivity contribution < 1.29 is 22.4 Å². The molecule has 0 amide bonds. The summed E-state index contributed by atoms with van der Waals surface area (Å²) in [6, 6.07) is 10.3. The van der Waals surface area contributed by atoms with Crippen LogP contribution in [-0.2, 0) is 17.6 Å². The molecule has 0 unspecified atom stereocenters. The van der Waals surface area contributed by atoms with Crippen LogP contribution in [0.5, 0.6) is 0 Å². The molecule has 2 aromatic carbocycles. The van der Waals surface area contributed by atoms with Crippen LogP contribution in [-0.4, -0.2) is 6.21 Å². The summed E-state index contributed by atoms with van der Waals surface area (Å²) < 4.78 is 49.7. The van der Waals surface area contributed by atoms with Gasteiger partial charge in [0.15, 0.2) is 0 Å². The highest BCUT2D eigenvalue weighted by atomic mass is 19.4. The van der Waals surface area contributed by atoms with Crippen molar-refractivity contribution in [1.29, 1.82) is 0 Å². The summed E-state index contributed by atoms with van der Waals surface area (Å²) in [7, 11) is 0. The van der Waals surface area contributed by atoms with Crippen LogP contribution in [0.25, 0.3) is 0 Å². The number of alkyl halides is 3. The van der Waals surface area contributed by atoms with Gasteiger partial charge in [-0.25, -0.2) is 4.39 Å². The fourth-order valence-corrected chi connectivity index (χ4v) is 1.55. The quantitative estimate of drug-likeness (QED) is 0.466. The van der Waals surface area contributed by atoms with Crippen molar-refractivity contribution in [3.05, 3.63) is 71.0 Å². The first-order chi connectivity index (χ1) is 9.95. The Bertz CT molecular complexity index is 603. The normalized spacial score (nSPS) is 11.8. The second kappa shape index (κ2) is 6.39. The van der Waals surface area contributed by atoms with Crippen molar-refractivity contribution in [1.82, 2.24) is 0 Å². The minimum Gasteiger partial charge on any atom is -0.391 e. The molecule has 0 saturated heterocycles. The largest absolute Gasteiger partial charge is 0.416 e. The van der Waals surface area contributed by atoms with Crippen molar-refractivity contribution in [2.45, 2.75) is 12.8 Å². The van der Waals surface area contributed by atoms with Crippen LogP contribution in [0.1, 0.15) is 16.7 Å². The fourth-order valence-electron chi connectivity index (χ4n) is 1.55. The number of hydrogen-bond donors (Lipinski definition) is 0. The summed E-state index contributed by atoms with van der Waals surface area (Å²) in [5.41, 5.74) is 0.518. The number of benzene rings is 2. The zero-order chi connectivity index (χ0) is 15.3. The molecule has 0 saturated carbocycles. The maximum absolute atomic E-state index is 12.7. The van der Waals surface area contributed by atoms with Crippen LogP contribution in [0.4, 0.5) is 17.6 Å². The lowest BCUT2D eigenvalue weighted by Gasteiger charge is -2.06. The second-order valence-corrected chi connectivity index (χ2v) is 4.25. The van der Waals surface area contributed by atoms with Crippen molar-refractivity contribution in [3.63, 3.8) is 0 Å². The lowest BCUT2D eigenvalue weighted by atomic mass is 10.1. The van der Waals surface area contributed by atoms with E-state index in [1.807, 2.05) is 0 Å². The van der Waals surface area contributed by atoms with Gasteiger partial charge in [0.2, 0.25) is 0 Å². The third-order valence-electron chi connectivity index (χ3n) is 2.66. The molecule has 0 spiro atoms. The Morgan fingerprint density at radius 2 is 1.57 bits per heavy atom. The SMILES string of the molecule is Fc1ccc(/C=N/OCc2ccc(C(F)(F)F)cc2)cc1. The predicted molar refractivity (Wildman–Crippen MR) is 70.2 cm³/mol. The second-order valence-electron chi connectivity index (χ2n) is 4.25. The van der Waals surface area contributed by atoms with Gasteiger partial charge in [-0.3, -0.25) is 0 Å². The van der Waals surface area contributed by atoms with E-state index in [0.717, 1.165) is 12.1 Å². The maximum Gasteiger partial charge on any atom is 0.416 e. The summed E-state index contributed by atoms with van der Waals surface area (Å²) in [6.45, 7) is 0.0514. The van der Waals surface area contributed by atoms with Gasteiger partial charge < -0.3 is 4.84 Å². The summed E-state index contributed by atoms with van der Waals surface area (Å²) in [4.78, 5) is 4.97. The summed E-state index contributed by atoms with van der Waals surface area (Å²) in [5.74, 6) is -0.349. The van der Waals surface area contributed by atoms with E-state index in [-0.39, 0.29) is 12.4 Å². The number of nitrogens with zero attached hydrogens (tertiary/aromatic N) is 1. The molecule has 0 bridgehead atoms. The third kappa shape index (κ3) is 4.59. The highest BCUT2D eigenvalue weighted by molar-refractivity contribution is 5.78.